The third-order valence-electron chi connectivity index (χ3n) is 6.19. The Balaban J connectivity index is 2.31. The van der Waals surface area contributed by atoms with Crippen LogP contribution in [0.2, 0.25) is 18.1 Å². The normalized spacial score (nSPS) is 25.3. The summed E-state index contributed by atoms with van der Waals surface area (Å²) < 4.78 is 18.5. The van der Waals surface area contributed by atoms with Crippen LogP contribution in [0.15, 0.2) is 24.2 Å². The van der Waals surface area contributed by atoms with Gasteiger partial charge in [0.25, 0.3) is 5.91 Å². The lowest BCUT2D eigenvalue weighted by Crippen LogP contribution is -2.50. The van der Waals surface area contributed by atoms with E-state index in [9.17, 15) is 9.59 Å². The van der Waals surface area contributed by atoms with Crippen molar-refractivity contribution in [3.8, 4) is 0 Å². The van der Waals surface area contributed by atoms with Crippen LogP contribution < -0.4 is 0 Å². The Bertz CT molecular complexity index is 784. The average Bonchev–Trinajstić information content (AvgIpc) is 3.01. The molecule has 2 aliphatic rings. The fourth-order valence-electron chi connectivity index (χ4n) is 3.42. The van der Waals surface area contributed by atoms with Gasteiger partial charge in [-0.25, -0.2) is 4.79 Å². The van der Waals surface area contributed by atoms with Crippen LogP contribution in [-0.2, 0) is 18.7 Å². The van der Waals surface area contributed by atoms with Gasteiger partial charge in [0, 0.05) is 23.5 Å². The third-order valence-corrected chi connectivity index (χ3v) is 11.3. The predicted octanol–water partition coefficient (Wildman–Crippen LogP) is 5.73. The number of nitrogens with zero attached hydrogens (tertiary/aromatic N) is 2. The zero-order valence-electron chi connectivity index (χ0n) is 21.0. The predicted molar refractivity (Wildman–Crippen MR) is 132 cm³/mol. The molecule has 0 saturated carbocycles. The summed E-state index contributed by atoms with van der Waals surface area (Å²) in [5.41, 5.74) is -0.314. The van der Waals surface area contributed by atoms with Crippen molar-refractivity contribution in [3.05, 3.63) is 24.2 Å². The molecule has 2 aliphatic heterocycles. The Labute approximate surface area is 202 Å². The lowest BCUT2D eigenvalue weighted by Gasteiger charge is -2.39. The third kappa shape index (κ3) is 5.84. The fourth-order valence-corrected chi connectivity index (χ4v) is 5.17. The Morgan fingerprint density at radius 2 is 1.88 bits per heavy atom. The van der Waals surface area contributed by atoms with Gasteiger partial charge in [0.05, 0.1) is 12.2 Å². The number of carbonyl (C=O) groups is 2. The number of hydrogen-bond acceptors (Lipinski definition) is 6. The van der Waals surface area contributed by atoms with E-state index < -0.39 is 32.1 Å². The highest BCUT2D eigenvalue weighted by atomic mass is 79.9. The number of alkyl halides is 1. The lowest BCUT2D eigenvalue weighted by molar-refractivity contribution is -0.128. The molecular formula is C23H39BrN2O5Si. The smallest absolute Gasteiger partial charge is 0.423 e. The summed E-state index contributed by atoms with van der Waals surface area (Å²) in [7, 11) is -2.00. The number of halogens is 1. The molecule has 2 amide bonds. The summed E-state index contributed by atoms with van der Waals surface area (Å²) in [5, 5.41) is 0.379. The van der Waals surface area contributed by atoms with Gasteiger partial charge >= 0.3 is 6.09 Å². The first-order valence-electron chi connectivity index (χ1n) is 11.2. The van der Waals surface area contributed by atoms with Crippen molar-refractivity contribution in [2.45, 2.75) is 103 Å². The molecule has 0 bridgehead atoms. The van der Waals surface area contributed by atoms with Crippen LogP contribution >= 0.6 is 15.9 Å². The second-order valence-electron chi connectivity index (χ2n) is 10.9. The molecule has 3 atom stereocenters. The largest absolute Gasteiger partial charge is 0.443 e. The van der Waals surface area contributed by atoms with E-state index in [2.05, 4.69) is 63.3 Å². The minimum Gasteiger partial charge on any atom is -0.443 e. The van der Waals surface area contributed by atoms with Gasteiger partial charge in [0.1, 0.15) is 17.6 Å². The van der Waals surface area contributed by atoms with E-state index in [0.717, 1.165) is 11.3 Å². The molecule has 0 aromatic carbocycles. The van der Waals surface area contributed by atoms with Crippen LogP contribution in [0.3, 0.4) is 0 Å². The summed E-state index contributed by atoms with van der Waals surface area (Å²) in [6.07, 6.45) is 1.86. The van der Waals surface area contributed by atoms with Crippen molar-refractivity contribution >= 4 is 36.2 Å². The highest BCUT2D eigenvalue weighted by Crippen LogP contribution is 2.41. The van der Waals surface area contributed by atoms with E-state index in [1.807, 2.05) is 0 Å². The molecule has 1 saturated heterocycles. The zero-order chi connectivity index (χ0) is 24.6. The first-order chi connectivity index (χ1) is 14.5. The summed E-state index contributed by atoms with van der Waals surface area (Å²) >= 11 is 3.36. The van der Waals surface area contributed by atoms with E-state index in [1.165, 1.54) is 0 Å². The average molecular weight is 532 g/mol. The minimum absolute atomic E-state index is 0.0629. The van der Waals surface area contributed by atoms with Crippen LogP contribution in [0.25, 0.3) is 0 Å². The highest BCUT2D eigenvalue weighted by molar-refractivity contribution is 9.09. The van der Waals surface area contributed by atoms with Crippen molar-refractivity contribution < 1.29 is 23.5 Å². The van der Waals surface area contributed by atoms with Gasteiger partial charge in [-0.15, -0.1) is 0 Å². The summed E-state index contributed by atoms with van der Waals surface area (Å²) in [6.45, 7) is 22.5. The number of imide groups is 1. The Kier molecular flexibility index (Phi) is 8.13. The first kappa shape index (κ1) is 27.1. The molecule has 9 heteroatoms. The van der Waals surface area contributed by atoms with Gasteiger partial charge < -0.3 is 18.8 Å². The van der Waals surface area contributed by atoms with Crippen molar-refractivity contribution in [1.29, 1.82) is 0 Å². The molecule has 182 valence electrons. The standard InChI is InChI=1S/C23H39BrN2O5Si/c1-11-17-18(31-32(9,10)23(6,7)8)12-19(29-17)25-14-16(13-24)20(27)26(15(25)2)21(28)30-22(3,4)5/h14,17-19H,2,11-13H2,1,3-10H3/t17-,18?,19-/m1/s1. The molecular weight excluding hydrogens is 492 g/mol. The molecule has 7 nitrogen and oxygen atoms in total. The molecule has 0 radical (unpaired) electrons. The van der Waals surface area contributed by atoms with Crippen molar-refractivity contribution in [2.24, 2.45) is 0 Å². The van der Waals surface area contributed by atoms with Crippen LogP contribution in [0, 0.1) is 0 Å². The second-order valence-corrected chi connectivity index (χ2v) is 16.2. The van der Waals surface area contributed by atoms with E-state index in [0.29, 0.717) is 17.3 Å². The van der Waals surface area contributed by atoms with Crippen LogP contribution in [-0.4, -0.2) is 59.5 Å². The van der Waals surface area contributed by atoms with Gasteiger partial charge in [-0.2, -0.15) is 4.90 Å². The fraction of sp³-hybridized carbons (Fsp3) is 0.739. The van der Waals surface area contributed by atoms with Gasteiger partial charge in [0.2, 0.25) is 0 Å². The summed E-state index contributed by atoms with van der Waals surface area (Å²) in [6, 6.07) is 0. The number of ether oxygens (including phenoxy) is 2. The number of amides is 2. The molecule has 2 heterocycles. The Morgan fingerprint density at radius 1 is 1.28 bits per heavy atom. The number of rotatable bonds is 5. The molecule has 0 N–H and O–H groups in total. The van der Waals surface area contributed by atoms with Gasteiger partial charge in [-0.3, -0.25) is 4.79 Å². The monoisotopic (exact) mass is 530 g/mol. The number of hydrogen-bond donors (Lipinski definition) is 0. The van der Waals surface area contributed by atoms with E-state index in [-0.39, 0.29) is 23.1 Å². The maximum absolute atomic E-state index is 12.9. The number of carbonyl (C=O) groups excluding carboxylic acids is 2. The van der Waals surface area contributed by atoms with Crippen LogP contribution in [0.4, 0.5) is 4.79 Å². The minimum atomic E-state index is -2.00. The van der Waals surface area contributed by atoms with Crippen LogP contribution in [0.5, 0.6) is 0 Å². The van der Waals surface area contributed by atoms with Crippen LogP contribution in [0.1, 0.15) is 61.3 Å². The molecule has 0 aromatic rings. The van der Waals surface area contributed by atoms with Crippen molar-refractivity contribution in [3.63, 3.8) is 0 Å². The highest BCUT2D eigenvalue weighted by Gasteiger charge is 2.47. The topological polar surface area (TPSA) is 68.3 Å². The summed E-state index contributed by atoms with van der Waals surface area (Å²) in [4.78, 5) is 28.5. The lowest BCUT2D eigenvalue weighted by atomic mass is 10.1. The molecule has 1 unspecified atom stereocenters. The Hall–Kier alpha value is -1.16. The van der Waals surface area contributed by atoms with Gasteiger partial charge in [-0.05, 0) is 45.3 Å². The zero-order valence-corrected chi connectivity index (χ0v) is 23.5. The van der Waals surface area contributed by atoms with E-state index in [4.69, 9.17) is 13.9 Å². The molecule has 0 spiro atoms. The second kappa shape index (κ2) is 9.60. The maximum atomic E-state index is 12.9. The van der Waals surface area contributed by atoms with Crippen molar-refractivity contribution in [2.75, 3.05) is 5.33 Å². The maximum Gasteiger partial charge on any atom is 0.423 e. The molecule has 1 fully saturated rings. The van der Waals surface area contributed by atoms with E-state index >= 15 is 0 Å². The molecule has 0 aromatic heterocycles. The quantitative estimate of drug-likeness (QED) is 0.333. The summed E-state index contributed by atoms with van der Waals surface area (Å²) in [5.74, 6) is -0.224. The molecule has 32 heavy (non-hydrogen) atoms. The molecule has 0 aliphatic carbocycles. The van der Waals surface area contributed by atoms with E-state index in [1.54, 1.807) is 31.9 Å². The first-order valence-corrected chi connectivity index (χ1v) is 15.2. The Morgan fingerprint density at radius 3 is 2.34 bits per heavy atom. The van der Waals surface area contributed by atoms with Gasteiger partial charge in [-0.1, -0.05) is 50.2 Å². The molecule has 2 rings (SSSR count). The van der Waals surface area contributed by atoms with Crippen molar-refractivity contribution in [1.82, 2.24) is 9.80 Å². The SMILES string of the molecule is C=C1N(C(=O)OC(C)(C)C)C(=O)C(CBr)=CN1[C@H]1CC(O[Si](C)(C)C(C)(C)C)[C@@H](CC)O1. The van der Waals surface area contributed by atoms with Gasteiger partial charge in [0.15, 0.2) is 8.32 Å².